The number of aromatic nitrogens is 3. The highest BCUT2D eigenvalue weighted by molar-refractivity contribution is 7.98. The molecule has 3 aromatic rings. The van der Waals surface area contributed by atoms with Crippen LogP contribution in [0.2, 0.25) is 0 Å². The van der Waals surface area contributed by atoms with E-state index in [0.29, 0.717) is 16.5 Å². The van der Waals surface area contributed by atoms with E-state index >= 15 is 0 Å². The minimum atomic E-state index is -3.51. The van der Waals surface area contributed by atoms with Crippen molar-refractivity contribution in [1.82, 2.24) is 15.2 Å². The minimum absolute atomic E-state index is 0.240. The first kappa shape index (κ1) is 16.6. The van der Waals surface area contributed by atoms with Gasteiger partial charge in [0.1, 0.15) is 11.4 Å². The molecule has 122 valence electrons. The summed E-state index contributed by atoms with van der Waals surface area (Å²) < 4.78 is 25.3. The summed E-state index contributed by atoms with van der Waals surface area (Å²) in [5.74, 6) is -0.240. The average molecular weight is 357 g/mol. The number of hydrogen-bond donors (Lipinski definition) is 0. The highest BCUT2D eigenvalue weighted by Gasteiger charge is 2.20. The molecule has 0 spiro atoms. The number of thioether (sulfide) groups is 1. The van der Waals surface area contributed by atoms with Crippen LogP contribution in [0.1, 0.15) is 5.69 Å². The van der Waals surface area contributed by atoms with Crippen LogP contribution in [-0.4, -0.2) is 29.9 Å². The highest BCUT2D eigenvalue weighted by atomic mass is 32.2. The Labute approximate surface area is 145 Å². The van der Waals surface area contributed by atoms with Crippen molar-refractivity contribution in [2.24, 2.45) is 0 Å². The zero-order valence-electron chi connectivity index (χ0n) is 13.0. The van der Waals surface area contributed by atoms with Gasteiger partial charge in [-0.1, -0.05) is 60.3 Å². The van der Waals surface area contributed by atoms with Gasteiger partial charge in [-0.3, -0.25) is 0 Å². The van der Waals surface area contributed by atoms with Gasteiger partial charge in [0.2, 0.25) is 5.16 Å². The van der Waals surface area contributed by atoms with Gasteiger partial charge in [-0.05, 0) is 18.4 Å². The summed E-state index contributed by atoms with van der Waals surface area (Å²) in [4.78, 5) is 4.73. The smallest absolute Gasteiger partial charge is 0.209 e. The molecule has 0 radical (unpaired) electrons. The maximum atomic E-state index is 12.6. The molecule has 2 aromatic carbocycles. The molecule has 0 aliphatic rings. The topological polar surface area (TPSA) is 72.8 Å². The second kappa shape index (κ2) is 7.11. The normalized spacial score (nSPS) is 11.4. The van der Waals surface area contributed by atoms with E-state index in [1.54, 1.807) is 30.3 Å². The zero-order valence-corrected chi connectivity index (χ0v) is 14.6. The van der Waals surface area contributed by atoms with Crippen molar-refractivity contribution >= 4 is 21.6 Å². The first-order valence-electron chi connectivity index (χ1n) is 7.21. The van der Waals surface area contributed by atoms with Crippen molar-refractivity contribution in [3.8, 4) is 11.3 Å². The zero-order chi connectivity index (χ0) is 17.0. The van der Waals surface area contributed by atoms with Crippen molar-refractivity contribution < 1.29 is 8.42 Å². The lowest BCUT2D eigenvalue weighted by Crippen LogP contribution is -2.10. The Hall–Kier alpha value is -2.25. The Morgan fingerprint density at radius 2 is 1.54 bits per heavy atom. The van der Waals surface area contributed by atoms with Gasteiger partial charge in [0, 0.05) is 5.56 Å². The van der Waals surface area contributed by atoms with E-state index in [9.17, 15) is 8.42 Å². The van der Waals surface area contributed by atoms with Crippen molar-refractivity contribution in [3.63, 3.8) is 0 Å². The van der Waals surface area contributed by atoms with Gasteiger partial charge in [-0.25, -0.2) is 13.4 Å². The lowest BCUT2D eigenvalue weighted by molar-refractivity contribution is 0.593. The molecule has 0 saturated heterocycles. The molecule has 1 aromatic heterocycles. The molecule has 1 heterocycles. The molecule has 3 rings (SSSR count). The van der Waals surface area contributed by atoms with Crippen LogP contribution in [0, 0.1) is 0 Å². The van der Waals surface area contributed by atoms with Crippen LogP contribution in [0.25, 0.3) is 11.3 Å². The molecule has 0 aliphatic heterocycles. The summed E-state index contributed by atoms with van der Waals surface area (Å²) in [5, 5.41) is 8.63. The second-order valence-electron chi connectivity index (χ2n) is 5.03. The first-order valence-corrected chi connectivity index (χ1v) is 10.1. The Kier molecular flexibility index (Phi) is 4.92. The van der Waals surface area contributed by atoms with Crippen molar-refractivity contribution in [2.45, 2.75) is 15.8 Å². The summed E-state index contributed by atoms with van der Waals surface area (Å²) in [7, 11) is -3.51. The molecule has 0 unspecified atom stereocenters. The van der Waals surface area contributed by atoms with E-state index < -0.39 is 9.84 Å². The lowest BCUT2D eigenvalue weighted by Gasteiger charge is -2.09. The summed E-state index contributed by atoms with van der Waals surface area (Å²) in [5.41, 5.74) is 1.72. The molecule has 0 saturated carbocycles. The molecule has 0 bridgehead atoms. The standard InChI is InChI=1S/C17H15N3O2S2/c1-23-17-18-16(13-8-4-2-5-9-13)15(19-20-17)12-24(21,22)14-10-6-3-7-11-14/h2-11H,12H2,1H3. The molecular weight excluding hydrogens is 342 g/mol. The van der Waals surface area contributed by atoms with Gasteiger partial charge >= 0.3 is 0 Å². The molecular formula is C17H15N3O2S2. The lowest BCUT2D eigenvalue weighted by atomic mass is 10.1. The van der Waals surface area contributed by atoms with Gasteiger partial charge in [-0.15, -0.1) is 10.2 Å². The van der Waals surface area contributed by atoms with Gasteiger partial charge in [0.05, 0.1) is 10.6 Å². The van der Waals surface area contributed by atoms with E-state index in [-0.39, 0.29) is 10.6 Å². The van der Waals surface area contributed by atoms with Crippen LogP contribution < -0.4 is 0 Å². The second-order valence-corrected chi connectivity index (χ2v) is 7.79. The van der Waals surface area contributed by atoms with Gasteiger partial charge in [-0.2, -0.15) is 0 Å². The van der Waals surface area contributed by atoms with Crippen LogP contribution in [0.15, 0.2) is 70.7 Å². The van der Waals surface area contributed by atoms with E-state index in [4.69, 9.17) is 0 Å². The predicted molar refractivity (Wildman–Crippen MR) is 94.4 cm³/mol. The summed E-state index contributed by atoms with van der Waals surface area (Å²) in [6.07, 6.45) is 1.85. The maximum Gasteiger partial charge on any atom is 0.209 e. The van der Waals surface area contributed by atoms with Gasteiger partial charge in [0.25, 0.3) is 0 Å². The Morgan fingerprint density at radius 3 is 2.17 bits per heavy atom. The summed E-state index contributed by atoms with van der Waals surface area (Å²) >= 11 is 1.37. The van der Waals surface area contributed by atoms with Crippen molar-refractivity contribution in [3.05, 3.63) is 66.4 Å². The third-order valence-electron chi connectivity index (χ3n) is 3.40. The van der Waals surface area contributed by atoms with E-state index in [2.05, 4.69) is 15.2 Å². The Morgan fingerprint density at radius 1 is 0.917 bits per heavy atom. The molecule has 5 nitrogen and oxygen atoms in total. The van der Waals surface area contributed by atoms with Crippen LogP contribution in [0.3, 0.4) is 0 Å². The molecule has 24 heavy (non-hydrogen) atoms. The third kappa shape index (κ3) is 3.63. The van der Waals surface area contributed by atoms with E-state index in [1.165, 1.54) is 11.8 Å². The Balaban J connectivity index is 2.05. The van der Waals surface area contributed by atoms with E-state index in [1.807, 2.05) is 36.6 Å². The fourth-order valence-corrected chi connectivity index (χ4v) is 3.83. The SMILES string of the molecule is CSc1nnc(CS(=O)(=O)c2ccccc2)c(-c2ccccc2)n1. The van der Waals surface area contributed by atoms with Crippen molar-refractivity contribution in [2.75, 3.05) is 6.26 Å². The molecule has 7 heteroatoms. The van der Waals surface area contributed by atoms with Crippen LogP contribution in [0.5, 0.6) is 0 Å². The van der Waals surface area contributed by atoms with Crippen LogP contribution in [-0.2, 0) is 15.6 Å². The minimum Gasteiger partial charge on any atom is -0.223 e. The number of rotatable bonds is 5. The molecule has 0 fully saturated rings. The maximum absolute atomic E-state index is 12.6. The summed E-state index contributed by atoms with van der Waals surface area (Å²) in [6.45, 7) is 0. The number of benzene rings is 2. The van der Waals surface area contributed by atoms with Crippen LogP contribution >= 0.6 is 11.8 Å². The molecule has 0 atom stereocenters. The van der Waals surface area contributed by atoms with E-state index in [0.717, 1.165) is 5.56 Å². The monoisotopic (exact) mass is 357 g/mol. The highest BCUT2D eigenvalue weighted by Crippen LogP contribution is 2.25. The predicted octanol–water partition coefficient (Wildman–Crippen LogP) is 3.23. The number of hydrogen-bond acceptors (Lipinski definition) is 6. The first-order chi connectivity index (χ1) is 11.6. The van der Waals surface area contributed by atoms with Gasteiger partial charge < -0.3 is 0 Å². The number of sulfone groups is 1. The molecule has 0 amide bonds. The third-order valence-corrected chi connectivity index (χ3v) is 5.58. The van der Waals surface area contributed by atoms with Gasteiger partial charge in [0.15, 0.2) is 9.84 Å². The average Bonchev–Trinajstić information content (AvgIpc) is 2.63. The largest absolute Gasteiger partial charge is 0.223 e. The number of nitrogens with zero attached hydrogens (tertiary/aromatic N) is 3. The fourth-order valence-electron chi connectivity index (χ4n) is 2.24. The molecule has 0 N–H and O–H groups in total. The van der Waals surface area contributed by atoms with Crippen molar-refractivity contribution in [1.29, 1.82) is 0 Å². The summed E-state index contributed by atoms with van der Waals surface area (Å²) in [6, 6.07) is 17.8. The quantitative estimate of drug-likeness (QED) is 0.653. The Bertz CT molecular complexity index is 931. The van der Waals surface area contributed by atoms with Crippen LogP contribution in [0.4, 0.5) is 0 Å². The fraction of sp³-hybridized carbons (Fsp3) is 0.118. The molecule has 0 aliphatic carbocycles.